The van der Waals surface area contributed by atoms with Crippen molar-refractivity contribution >= 4 is 0 Å². The van der Waals surface area contributed by atoms with E-state index >= 15 is 0 Å². The van der Waals surface area contributed by atoms with E-state index in [1.807, 2.05) is 30.3 Å². The summed E-state index contributed by atoms with van der Waals surface area (Å²) in [6, 6.07) is 14.0. The van der Waals surface area contributed by atoms with E-state index in [-0.39, 0.29) is 0 Å². The SMILES string of the molecule is c1cnc(-c2ccc(-c3ccncc3)cc2)nc1. The summed E-state index contributed by atoms with van der Waals surface area (Å²) in [5.41, 5.74) is 3.34. The molecular weight excluding hydrogens is 222 g/mol. The first-order chi connectivity index (χ1) is 8.93. The molecule has 3 aromatic rings. The highest BCUT2D eigenvalue weighted by atomic mass is 14.8. The second-order valence-electron chi connectivity index (χ2n) is 3.89. The molecule has 0 fully saturated rings. The summed E-state index contributed by atoms with van der Waals surface area (Å²) in [6.45, 7) is 0. The molecule has 0 atom stereocenters. The van der Waals surface area contributed by atoms with Crippen molar-refractivity contribution in [2.45, 2.75) is 0 Å². The van der Waals surface area contributed by atoms with Gasteiger partial charge in [-0.1, -0.05) is 24.3 Å². The normalized spacial score (nSPS) is 10.2. The Kier molecular flexibility index (Phi) is 2.80. The Bertz CT molecular complexity index is 560. The Hall–Kier alpha value is -2.55. The predicted molar refractivity (Wildman–Crippen MR) is 70.7 cm³/mol. The average molecular weight is 233 g/mol. The van der Waals surface area contributed by atoms with Gasteiger partial charge in [0.15, 0.2) is 5.82 Å². The third kappa shape index (κ3) is 2.11. The number of hydrogen-bond donors (Lipinski definition) is 0. The van der Waals surface area contributed by atoms with Crippen molar-refractivity contribution in [1.82, 2.24) is 15.0 Å². The van der Waals surface area contributed by atoms with Gasteiger partial charge >= 0.3 is 0 Å². The largest absolute Gasteiger partial charge is 0.265 e. The first kappa shape index (κ1) is 10.6. The van der Waals surface area contributed by atoms with Crippen LogP contribution in [0, 0.1) is 0 Å². The van der Waals surface area contributed by atoms with Gasteiger partial charge < -0.3 is 0 Å². The Morgan fingerprint density at radius 3 is 1.78 bits per heavy atom. The maximum Gasteiger partial charge on any atom is 0.159 e. The van der Waals surface area contributed by atoms with E-state index in [0.29, 0.717) is 0 Å². The fourth-order valence-corrected chi connectivity index (χ4v) is 1.80. The molecule has 0 radical (unpaired) electrons. The number of rotatable bonds is 2. The minimum absolute atomic E-state index is 0.749. The zero-order valence-corrected chi connectivity index (χ0v) is 9.69. The Balaban J connectivity index is 1.95. The molecule has 3 rings (SSSR count). The van der Waals surface area contributed by atoms with Gasteiger partial charge in [0.05, 0.1) is 0 Å². The van der Waals surface area contributed by atoms with Gasteiger partial charge in [0.1, 0.15) is 0 Å². The highest BCUT2D eigenvalue weighted by molar-refractivity contribution is 5.67. The number of pyridine rings is 1. The number of benzene rings is 1. The maximum absolute atomic E-state index is 4.23. The van der Waals surface area contributed by atoms with Gasteiger partial charge in [-0.05, 0) is 29.3 Å². The van der Waals surface area contributed by atoms with E-state index in [0.717, 1.165) is 22.5 Å². The summed E-state index contributed by atoms with van der Waals surface area (Å²) in [5.74, 6) is 0.749. The molecule has 0 amide bonds. The summed E-state index contributed by atoms with van der Waals surface area (Å²) < 4.78 is 0. The minimum atomic E-state index is 0.749. The average Bonchev–Trinajstić information content (AvgIpc) is 2.49. The monoisotopic (exact) mass is 233 g/mol. The first-order valence-electron chi connectivity index (χ1n) is 5.71. The van der Waals surface area contributed by atoms with E-state index in [1.54, 1.807) is 24.8 Å². The Labute approximate surface area is 105 Å². The number of hydrogen-bond acceptors (Lipinski definition) is 3. The van der Waals surface area contributed by atoms with E-state index in [9.17, 15) is 0 Å². The lowest BCUT2D eigenvalue weighted by Gasteiger charge is -2.03. The molecule has 3 heteroatoms. The van der Waals surface area contributed by atoms with Gasteiger partial charge in [0, 0.05) is 30.4 Å². The maximum atomic E-state index is 4.23. The second-order valence-corrected chi connectivity index (χ2v) is 3.89. The fraction of sp³-hybridized carbons (Fsp3) is 0. The van der Waals surface area contributed by atoms with Crippen LogP contribution in [0.2, 0.25) is 0 Å². The molecule has 2 aromatic heterocycles. The van der Waals surface area contributed by atoms with E-state index in [1.165, 1.54) is 0 Å². The van der Waals surface area contributed by atoms with Crippen LogP contribution in [0.15, 0.2) is 67.3 Å². The second kappa shape index (κ2) is 4.75. The molecule has 0 aliphatic heterocycles. The third-order valence-electron chi connectivity index (χ3n) is 2.72. The molecule has 0 spiro atoms. The van der Waals surface area contributed by atoms with Crippen molar-refractivity contribution in [3.8, 4) is 22.5 Å². The molecule has 0 aliphatic rings. The topological polar surface area (TPSA) is 38.7 Å². The van der Waals surface area contributed by atoms with Gasteiger partial charge in [-0.15, -0.1) is 0 Å². The van der Waals surface area contributed by atoms with E-state index in [2.05, 4.69) is 27.1 Å². The van der Waals surface area contributed by atoms with Crippen LogP contribution in [0.5, 0.6) is 0 Å². The van der Waals surface area contributed by atoms with Crippen LogP contribution in [0.4, 0.5) is 0 Å². The zero-order chi connectivity index (χ0) is 12.2. The molecule has 3 nitrogen and oxygen atoms in total. The highest BCUT2D eigenvalue weighted by Crippen LogP contribution is 2.21. The lowest BCUT2D eigenvalue weighted by atomic mass is 10.1. The molecule has 1 aromatic carbocycles. The molecule has 0 aliphatic carbocycles. The highest BCUT2D eigenvalue weighted by Gasteiger charge is 2.01. The molecule has 0 saturated heterocycles. The minimum Gasteiger partial charge on any atom is -0.265 e. The summed E-state index contributed by atoms with van der Waals surface area (Å²) in [6.07, 6.45) is 7.09. The van der Waals surface area contributed by atoms with Crippen molar-refractivity contribution in [3.63, 3.8) is 0 Å². The Morgan fingerprint density at radius 1 is 0.556 bits per heavy atom. The van der Waals surface area contributed by atoms with Gasteiger partial charge in [0.25, 0.3) is 0 Å². The molecule has 0 N–H and O–H groups in total. The van der Waals surface area contributed by atoms with Crippen molar-refractivity contribution in [2.75, 3.05) is 0 Å². The van der Waals surface area contributed by atoms with Gasteiger partial charge in [-0.25, -0.2) is 9.97 Å². The van der Waals surface area contributed by atoms with Crippen molar-refractivity contribution in [1.29, 1.82) is 0 Å². The fourth-order valence-electron chi connectivity index (χ4n) is 1.80. The molecule has 0 unspecified atom stereocenters. The van der Waals surface area contributed by atoms with Crippen LogP contribution in [0.25, 0.3) is 22.5 Å². The van der Waals surface area contributed by atoms with Gasteiger partial charge in [0.2, 0.25) is 0 Å². The lowest BCUT2D eigenvalue weighted by molar-refractivity contribution is 1.18. The number of nitrogens with zero attached hydrogens (tertiary/aromatic N) is 3. The van der Waals surface area contributed by atoms with E-state index in [4.69, 9.17) is 0 Å². The van der Waals surface area contributed by atoms with Crippen molar-refractivity contribution in [3.05, 3.63) is 67.3 Å². The molecule has 2 heterocycles. The van der Waals surface area contributed by atoms with Gasteiger partial charge in [-0.2, -0.15) is 0 Å². The lowest BCUT2D eigenvalue weighted by Crippen LogP contribution is -1.86. The molecule has 0 bridgehead atoms. The number of aromatic nitrogens is 3. The summed E-state index contributed by atoms with van der Waals surface area (Å²) in [7, 11) is 0. The van der Waals surface area contributed by atoms with Crippen molar-refractivity contribution in [2.24, 2.45) is 0 Å². The molecule has 18 heavy (non-hydrogen) atoms. The van der Waals surface area contributed by atoms with E-state index < -0.39 is 0 Å². The van der Waals surface area contributed by atoms with Crippen LogP contribution in [-0.4, -0.2) is 15.0 Å². The zero-order valence-electron chi connectivity index (χ0n) is 9.69. The molecular formula is C15H11N3. The van der Waals surface area contributed by atoms with Crippen molar-refractivity contribution < 1.29 is 0 Å². The Morgan fingerprint density at radius 2 is 1.11 bits per heavy atom. The molecule has 86 valence electrons. The summed E-state index contributed by atoms with van der Waals surface area (Å²) in [5, 5.41) is 0. The van der Waals surface area contributed by atoms with Gasteiger partial charge in [-0.3, -0.25) is 4.98 Å². The van der Waals surface area contributed by atoms with Crippen LogP contribution in [0.3, 0.4) is 0 Å². The smallest absolute Gasteiger partial charge is 0.159 e. The van der Waals surface area contributed by atoms with Crippen LogP contribution >= 0.6 is 0 Å². The predicted octanol–water partition coefficient (Wildman–Crippen LogP) is 3.21. The van der Waals surface area contributed by atoms with Crippen LogP contribution < -0.4 is 0 Å². The summed E-state index contributed by atoms with van der Waals surface area (Å²) >= 11 is 0. The van der Waals surface area contributed by atoms with Crippen LogP contribution in [0.1, 0.15) is 0 Å². The molecule has 0 saturated carbocycles. The first-order valence-corrected chi connectivity index (χ1v) is 5.71. The standard InChI is InChI=1S/C15H11N3/c1-8-17-15(18-9-1)14-4-2-12(3-5-14)13-6-10-16-11-7-13/h1-11H. The summed E-state index contributed by atoms with van der Waals surface area (Å²) in [4.78, 5) is 12.5. The van der Waals surface area contributed by atoms with Crippen LogP contribution in [-0.2, 0) is 0 Å². The quantitative estimate of drug-likeness (QED) is 0.682. The third-order valence-corrected chi connectivity index (χ3v) is 2.72.